The van der Waals surface area contributed by atoms with E-state index in [1.807, 2.05) is 13.8 Å². The van der Waals surface area contributed by atoms with Crippen LogP contribution in [0.3, 0.4) is 0 Å². The molecule has 1 unspecified atom stereocenters. The van der Waals surface area contributed by atoms with E-state index in [1.54, 1.807) is 0 Å². The van der Waals surface area contributed by atoms with Crippen LogP contribution in [-0.2, 0) is 10.0 Å². The standard InChI is InChI=1S/C10H24N2O2S/c1-4-7-11-8-6-9-15(13,14)12-10(3)5-2/h10-12H,4-9H2,1-3H3. The van der Waals surface area contributed by atoms with Crippen LogP contribution >= 0.6 is 0 Å². The number of hydrogen-bond donors (Lipinski definition) is 2. The Bertz CT molecular complexity index is 240. The lowest BCUT2D eigenvalue weighted by atomic mass is 10.3. The Labute approximate surface area is 93.9 Å². The van der Waals surface area contributed by atoms with Crippen molar-refractivity contribution in [3.63, 3.8) is 0 Å². The van der Waals surface area contributed by atoms with E-state index < -0.39 is 10.0 Å². The van der Waals surface area contributed by atoms with Crippen LogP contribution in [0.2, 0.25) is 0 Å². The quantitative estimate of drug-likeness (QED) is 0.589. The van der Waals surface area contributed by atoms with Gasteiger partial charge in [-0.05, 0) is 39.3 Å². The van der Waals surface area contributed by atoms with Gasteiger partial charge in [-0.1, -0.05) is 13.8 Å². The second-order valence-electron chi connectivity index (χ2n) is 3.85. The van der Waals surface area contributed by atoms with Gasteiger partial charge >= 0.3 is 0 Å². The molecule has 5 heteroatoms. The fraction of sp³-hybridized carbons (Fsp3) is 1.00. The van der Waals surface area contributed by atoms with Crippen LogP contribution in [0.25, 0.3) is 0 Å². The third-order valence-electron chi connectivity index (χ3n) is 2.19. The van der Waals surface area contributed by atoms with Gasteiger partial charge in [-0.15, -0.1) is 0 Å². The van der Waals surface area contributed by atoms with Crippen LogP contribution in [0.4, 0.5) is 0 Å². The van der Waals surface area contributed by atoms with E-state index in [1.165, 1.54) is 0 Å². The normalized spacial score (nSPS) is 14.1. The Morgan fingerprint density at radius 3 is 2.40 bits per heavy atom. The molecule has 0 amide bonds. The third kappa shape index (κ3) is 8.84. The van der Waals surface area contributed by atoms with Crippen LogP contribution in [0.5, 0.6) is 0 Å². The van der Waals surface area contributed by atoms with E-state index in [9.17, 15) is 8.42 Å². The number of nitrogens with one attached hydrogen (secondary N) is 2. The first kappa shape index (κ1) is 14.9. The smallest absolute Gasteiger partial charge is 0.211 e. The third-order valence-corrected chi connectivity index (χ3v) is 3.77. The molecule has 0 aromatic rings. The van der Waals surface area contributed by atoms with Gasteiger partial charge in [-0.3, -0.25) is 0 Å². The number of rotatable bonds is 9. The Hall–Kier alpha value is -0.130. The largest absolute Gasteiger partial charge is 0.317 e. The molecule has 0 aliphatic carbocycles. The van der Waals surface area contributed by atoms with Crippen molar-refractivity contribution in [1.82, 2.24) is 10.0 Å². The minimum absolute atomic E-state index is 0.0404. The molecule has 0 spiro atoms. The predicted octanol–water partition coefficient (Wildman–Crippen LogP) is 1.09. The second kappa shape index (κ2) is 8.07. The van der Waals surface area contributed by atoms with E-state index >= 15 is 0 Å². The molecule has 0 saturated heterocycles. The van der Waals surface area contributed by atoms with E-state index in [4.69, 9.17) is 0 Å². The van der Waals surface area contributed by atoms with Crippen molar-refractivity contribution in [3.05, 3.63) is 0 Å². The molecule has 0 aromatic carbocycles. The highest BCUT2D eigenvalue weighted by atomic mass is 32.2. The summed E-state index contributed by atoms with van der Waals surface area (Å²) in [5.74, 6) is 0.216. The summed E-state index contributed by atoms with van der Waals surface area (Å²) in [6.07, 6.45) is 2.58. The van der Waals surface area contributed by atoms with Crippen molar-refractivity contribution in [3.8, 4) is 0 Å². The topological polar surface area (TPSA) is 58.2 Å². The van der Waals surface area contributed by atoms with E-state index in [0.717, 1.165) is 25.9 Å². The van der Waals surface area contributed by atoms with Crippen molar-refractivity contribution < 1.29 is 8.42 Å². The molecule has 0 rings (SSSR count). The average Bonchev–Trinajstić information content (AvgIpc) is 2.16. The Balaban J connectivity index is 3.65. The average molecular weight is 236 g/mol. The number of hydrogen-bond acceptors (Lipinski definition) is 3. The van der Waals surface area contributed by atoms with Crippen LogP contribution in [0, 0.1) is 0 Å². The summed E-state index contributed by atoms with van der Waals surface area (Å²) in [5.41, 5.74) is 0. The molecular formula is C10H24N2O2S. The highest BCUT2D eigenvalue weighted by Crippen LogP contribution is 1.95. The first-order valence-electron chi connectivity index (χ1n) is 5.72. The minimum Gasteiger partial charge on any atom is -0.317 e. The van der Waals surface area contributed by atoms with Gasteiger partial charge in [0.1, 0.15) is 0 Å². The van der Waals surface area contributed by atoms with Gasteiger partial charge in [0.25, 0.3) is 0 Å². The summed E-state index contributed by atoms with van der Waals surface area (Å²) in [7, 11) is -3.07. The minimum atomic E-state index is -3.07. The molecule has 0 aliphatic heterocycles. The van der Waals surface area contributed by atoms with Crippen LogP contribution in [-0.4, -0.2) is 33.3 Å². The zero-order chi connectivity index (χ0) is 11.7. The van der Waals surface area contributed by atoms with E-state index in [0.29, 0.717) is 6.42 Å². The zero-order valence-corrected chi connectivity index (χ0v) is 10.9. The summed E-state index contributed by atoms with van der Waals surface area (Å²) >= 11 is 0. The maximum atomic E-state index is 11.5. The van der Waals surface area contributed by atoms with Crippen molar-refractivity contribution >= 4 is 10.0 Å². The fourth-order valence-corrected chi connectivity index (χ4v) is 2.56. The Kier molecular flexibility index (Phi) is 8.00. The molecule has 0 saturated carbocycles. The number of sulfonamides is 1. The molecule has 92 valence electrons. The van der Waals surface area contributed by atoms with Gasteiger partial charge in [0.2, 0.25) is 10.0 Å². The molecule has 0 aliphatic rings. The van der Waals surface area contributed by atoms with Crippen molar-refractivity contribution in [2.24, 2.45) is 0 Å². The van der Waals surface area contributed by atoms with Crippen LogP contribution in [0.15, 0.2) is 0 Å². The maximum Gasteiger partial charge on any atom is 0.211 e. The van der Waals surface area contributed by atoms with Gasteiger partial charge in [0.05, 0.1) is 5.75 Å². The van der Waals surface area contributed by atoms with Gasteiger partial charge in [0, 0.05) is 6.04 Å². The van der Waals surface area contributed by atoms with Crippen LogP contribution in [0.1, 0.15) is 40.0 Å². The predicted molar refractivity (Wildman–Crippen MR) is 64.5 cm³/mol. The van der Waals surface area contributed by atoms with E-state index in [-0.39, 0.29) is 11.8 Å². The highest BCUT2D eigenvalue weighted by Gasteiger charge is 2.12. The molecule has 2 N–H and O–H groups in total. The molecular weight excluding hydrogens is 212 g/mol. The van der Waals surface area contributed by atoms with Crippen molar-refractivity contribution in [1.29, 1.82) is 0 Å². The molecule has 1 atom stereocenters. The SMILES string of the molecule is CCCNCCCS(=O)(=O)NC(C)CC. The molecule has 4 nitrogen and oxygen atoms in total. The van der Waals surface area contributed by atoms with Gasteiger partial charge in [-0.25, -0.2) is 13.1 Å². The van der Waals surface area contributed by atoms with Crippen molar-refractivity contribution in [2.75, 3.05) is 18.8 Å². The Morgan fingerprint density at radius 1 is 1.20 bits per heavy atom. The maximum absolute atomic E-state index is 11.5. The summed E-state index contributed by atoms with van der Waals surface area (Å²) in [5, 5.41) is 3.18. The van der Waals surface area contributed by atoms with Gasteiger partial charge in [0.15, 0.2) is 0 Å². The molecule has 0 radical (unpaired) electrons. The summed E-state index contributed by atoms with van der Waals surface area (Å²) in [6, 6.07) is 0.0404. The van der Waals surface area contributed by atoms with Gasteiger partial charge in [-0.2, -0.15) is 0 Å². The zero-order valence-electron chi connectivity index (χ0n) is 10.0. The Morgan fingerprint density at radius 2 is 1.87 bits per heavy atom. The lowest BCUT2D eigenvalue weighted by Crippen LogP contribution is -2.34. The molecule has 0 fully saturated rings. The fourth-order valence-electron chi connectivity index (χ4n) is 1.14. The first-order valence-corrected chi connectivity index (χ1v) is 7.37. The lowest BCUT2D eigenvalue weighted by Gasteiger charge is -2.11. The molecule has 0 aromatic heterocycles. The summed E-state index contributed by atoms with van der Waals surface area (Å²) in [6.45, 7) is 7.67. The van der Waals surface area contributed by atoms with E-state index in [2.05, 4.69) is 17.0 Å². The molecule has 0 bridgehead atoms. The monoisotopic (exact) mass is 236 g/mol. The molecule has 0 heterocycles. The lowest BCUT2D eigenvalue weighted by molar-refractivity contribution is 0.551. The molecule has 15 heavy (non-hydrogen) atoms. The summed E-state index contributed by atoms with van der Waals surface area (Å²) in [4.78, 5) is 0. The van der Waals surface area contributed by atoms with Gasteiger partial charge < -0.3 is 5.32 Å². The second-order valence-corrected chi connectivity index (χ2v) is 5.72. The summed E-state index contributed by atoms with van der Waals surface area (Å²) < 4.78 is 25.6. The first-order chi connectivity index (χ1) is 7.02. The highest BCUT2D eigenvalue weighted by molar-refractivity contribution is 7.89. The van der Waals surface area contributed by atoms with Crippen molar-refractivity contribution in [2.45, 2.75) is 46.1 Å². The van der Waals surface area contributed by atoms with Crippen LogP contribution < -0.4 is 10.0 Å².